The predicted molar refractivity (Wildman–Crippen MR) is 99.2 cm³/mol. The van der Waals surface area contributed by atoms with Gasteiger partial charge in [0.15, 0.2) is 0 Å². The topological polar surface area (TPSA) is 54.5 Å². The van der Waals surface area contributed by atoms with Crippen LogP contribution in [0.1, 0.15) is 21.6 Å². The molecule has 0 spiro atoms. The van der Waals surface area contributed by atoms with Gasteiger partial charge in [0.2, 0.25) is 0 Å². The van der Waals surface area contributed by atoms with Gasteiger partial charge in [-0.3, -0.25) is 4.79 Å². The van der Waals surface area contributed by atoms with Crippen LogP contribution >= 0.6 is 12.4 Å². The molecule has 3 rings (SSSR count). The molecule has 130 valence electrons. The first-order chi connectivity index (χ1) is 11.8. The van der Waals surface area contributed by atoms with E-state index < -0.39 is 0 Å². The fourth-order valence-electron chi connectivity index (χ4n) is 2.56. The van der Waals surface area contributed by atoms with Crippen LogP contribution < -0.4 is 10.1 Å². The third-order valence-corrected chi connectivity index (χ3v) is 3.84. The number of pyridine rings is 1. The van der Waals surface area contributed by atoms with Crippen LogP contribution in [0.25, 0.3) is 0 Å². The van der Waals surface area contributed by atoms with E-state index in [2.05, 4.69) is 22.1 Å². The van der Waals surface area contributed by atoms with Crippen molar-refractivity contribution in [2.24, 2.45) is 0 Å². The van der Waals surface area contributed by atoms with E-state index in [0.717, 1.165) is 26.2 Å². The van der Waals surface area contributed by atoms with Crippen molar-refractivity contribution in [3.8, 4) is 17.6 Å². The number of nitrogens with zero attached hydrogens (tertiary/aromatic N) is 2. The van der Waals surface area contributed by atoms with Crippen LogP contribution in [0.15, 0.2) is 42.6 Å². The van der Waals surface area contributed by atoms with Crippen LogP contribution in [0.3, 0.4) is 0 Å². The fourth-order valence-corrected chi connectivity index (χ4v) is 2.56. The Morgan fingerprint density at radius 2 is 2.00 bits per heavy atom. The van der Waals surface area contributed by atoms with Crippen LogP contribution in [-0.2, 0) is 0 Å². The lowest BCUT2D eigenvalue weighted by atomic mass is 10.1. The number of amides is 1. The van der Waals surface area contributed by atoms with Crippen molar-refractivity contribution in [2.45, 2.75) is 0 Å². The maximum atomic E-state index is 12.6. The van der Waals surface area contributed by atoms with Crippen molar-refractivity contribution < 1.29 is 9.53 Å². The average Bonchev–Trinajstić information content (AvgIpc) is 2.67. The Hall–Kier alpha value is -2.55. The number of halogens is 1. The summed E-state index contributed by atoms with van der Waals surface area (Å²) in [5.74, 6) is 6.74. The molecular weight excluding hydrogens is 338 g/mol. The largest absolute Gasteiger partial charge is 0.495 e. The van der Waals surface area contributed by atoms with Crippen LogP contribution in [0.2, 0.25) is 0 Å². The van der Waals surface area contributed by atoms with Crippen molar-refractivity contribution in [3.63, 3.8) is 0 Å². The normalized spacial score (nSPS) is 13.2. The molecule has 1 aliphatic heterocycles. The highest BCUT2D eigenvalue weighted by atomic mass is 35.5. The van der Waals surface area contributed by atoms with Crippen molar-refractivity contribution in [3.05, 3.63) is 59.4 Å². The van der Waals surface area contributed by atoms with Crippen LogP contribution in [0, 0.1) is 11.8 Å². The lowest BCUT2D eigenvalue weighted by Crippen LogP contribution is -2.46. The summed E-state index contributed by atoms with van der Waals surface area (Å²) >= 11 is 0. The lowest BCUT2D eigenvalue weighted by Gasteiger charge is -2.27. The third-order valence-electron chi connectivity index (χ3n) is 3.84. The SMILES string of the molecule is COc1ccc(C(=O)N2CCNCC2)cc1C#Cc1ccccn1.Cl. The summed E-state index contributed by atoms with van der Waals surface area (Å²) in [5.41, 5.74) is 1.99. The third kappa shape index (κ3) is 4.72. The quantitative estimate of drug-likeness (QED) is 0.835. The molecule has 0 bridgehead atoms. The van der Waals surface area contributed by atoms with E-state index in [1.807, 2.05) is 23.1 Å². The van der Waals surface area contributed by atoms with E-state index in [1.165, 1.54) is 0 Å². The molecule has 1 aromatic heterocycles. The zero-order valence-electron chi connectivity index (χ0n) is 14.0. The fraction of sp³-hybridized carbons (Fsp3) is 0.263. The number of aromatic nitrogens is 1. The predicted octanol–water partition coefficient (Wildman–Crippen LogP) is 1.96. The summed E-state index contributed by atoms with van der Waals surface area (Å²) in [7, 11) is 1.60. The Morgan fingerprint density at radius 1 is 1.20 bits per heavy atom. The van der Waals surface area contributed by atoms with Crippen molar-refractivity contribution in [1.82, 2.24) is 15.2 Å². The Bertz CT molecular complexity index is 778. The molecule has 25 heavy (non-hydrogen) atoms. The minimum atomic E-state index is 0. The van der Waals surface area contributed by atoms with E-state index in [-0.39, 0.29) is 18.3 Å². The molecule has 1 aromatic carbocycles. The number of methoxy groups -OCH3 is 1. The molecule has 1 aliphatic rings. The standard InChI is InChI=1S/C19H19N3O2.ClH/c1-24-18-8-6-16(19(23)22-12-10-20-11-13-22)14-15(18)5-7-17-4-2-3-9-21-17;/h2-4,6,8-9,14,20H,10-13H2,1H3;1H. The average molecular weight is 358 g/mol. The number of hydrogen-bond acceptors (Lipinski definition) is 4. The second-order valence-electron chi connectivity index (χ2n) is 5.42. The molecule has 1 saturated heterocycles. The van der Waals surface area contributed by atoms with E-state index in [1.54, 1.807) is 31.5 Å². The second kappa shape index (κ2) is 9.07. The second-order valence-corrected chi connectivity index (χ2v) is 5.42. The number of ether oxygens (including phenoxy) is 1. The van der Waals surface area contributed by atoms with Crippen LogP contribution in [-0.4, -0.2) is 49.1 Å². The number of benzene rings is 1. The molecule has 2 aromatic rings. The first-order valence-electron chi connectivity index (χ1n) is 7.89. The summed E-state index contributed by atoms with van der Waals surface area (Å²) in [6, 6.07) is 10.9. The zero-order valence-corrected chi connectivity index (χ0v) is 14.8. The molecular formula is C19H20ClN3O2. The van der Waals surface area contributed by atoms with Gasteiger partial charge in [-0.15, -0.1) is 12.4 Å². The molecule has 0 saturated carbocycles. The highest BCUT2D eigenvalue weighted by Gasteiger charge is 2.18. The van der Waals surface area contributed by atoms with Gasteiger partial charge in [0.1, 0.15) is 11.4 Å². The Labute approximate surface area is 153 Å². The van der Waals surface area contributed by atoms with Gasteiger partial charge in [0.05, 0.1) is 12.7 Å². The molecule has 2 heterocycles. The van der Waals surface area contributed by atoms with E-state index in [0.29, 0.717) is 22.6 Å². The minimum Gasteiger partial charge on any atom is -0.495 e. The number of carbonyl (C=O) groups is 1. The van der Waals surface area contributed by atoms with Gasteiger partial charge < -0.3 is 15.0 Å². The summed E-state index contributed by atoms with van der Waals surface area (Å²) < 4.78 is 5.36. The summed E-state index contributed by atoms with van der Waals surface area (Å²) in [5, 5.41) is 3.25. The number of hydrogen-bond donors (Lipinski definition) is 1. The maximum absolute atomic E-state index is 12.6. The number of nitrogens with one attached hydrogen (secondary N) is 1. The molecule has 5 nitrogen and oxygen atoms in total. The van der Waals surface area contributed by atoms with Crippen LogP contribution in [0.4, 0.5) is 0 Å². The van der Waals surface area contributed by atoms with E-state index in [9.17, 15) is 4.79 Å². The molecule has 1 fully saturated rings. The minimum absolute atomic E-state index is 0. The number of piperazine rings is 1. The van der Waals surface area contributed by atoms with Crippen molar-refractivity contribution in [1.29, 1.82) is 0 Å². The van der Waals surface area contributed by atoms with Gasteiger partial charge in [0, 0.05) is 37.9 Å². The van der Waals surface area contributed by atoms with Gasteiger partial charge in [-0.1, -0.05) is 12.0 Å². The van der Waals surface area contributed by atoms with Crippen LogP contribution in [0.5, 0.6) is 5.75 Å². The Kier molecular flexibility index (Phi) is 6.81. The first kappa shape index (κ1) is 18.8. The molecule has 0 unspecified atom stereocenters. The smallest absolute Gasteiger partial charge is 0.253 e. The monoisotopic (exact) mass is 357 g/mol. The van der Waals surface area contributed by atoms with Gasteiger partial charge in [0.25, 0.3) is 5.91 Å². The molecule has 0 aliphatic carbocycles. The highest BCUT2D eigenvalue weighted by molar-refractivity contribution is 5.95. The molecule has 1 N–H and O–H groups in total. The lowest BCUT2D eigenvalue weighted by molar-refractivity contribution is 0.0735. The van der Waals surface area contributed by atoms with Gasteiger partial charge >= 0.3 is 0 Å². The van der Waals surface area contributed by atoms with Gasteiger partial charge in [-0.25, -0.2) is 4.98 Å². The molecule has 6 heteroatoms. The first-order valence-corrected chi connectivity index (χ1v) is 7.89. The van der Waals surface area contributed by atoms with Gasteiger partial charge in [-0.05, 0) is 36.3 Å². The number of carbonyl (C=O) groups excluding carboxylic acids is 1. The Morgan fingerprint density at radius 3 is 2.68 bits per heavy atom. The van der Waals surface area contributed by atoms with Crippen molar-refractivity contribution in [2.75, 3.05) is 33.3 Å². The summed E-state index contributed by atoms with van der Waals surface area (Å²) in [4.78, 5) is 18.7. The molecule has 1 amide bonds. The van der Waals surface area contributed by atoms with E-state index in [4.69, 9.17) is 4.74 Å². The summed E-state index contributed by atoms with van der Waals surface area (Å²) in [6.45, 7) is 3.10. The van der Waals surface area contributed by atoms with E-state index >= 15 is 0 Å². The maximum Gasteiger partial charge on any atom is 0.253 e. The Balaban J connectivity index is 0.00000225. The zero-order chi connectivity index (χ0) is 16.8. The molecule has 0 atom stereocenters. The molecule has 0 radical (unpaired) electrons. The summed E-state index contributed by atoms with van der Waals surface area (Å²) in [6.07, 6.45) is 1.70. The van der Waals surface area contributed by atoms with Gasteiger partial charge in [-0.2, -0.15) is 0 Å². The van der Waals surface area contributed by atoms with Crippen molar-refractivity contribution >= 4 is 18.3 Å². The number of rotatable bonds is 2. The highest BCUT2D eigenvalue weighted by Crippen LogP contribution is 2.20.